The highest BCUT2D eigenvalue weighted by Gasteiger charge is 2.33. The summed E-state index contributed by atoms with van der Waals surface area (Å²) < 4.78 is 20.3. The van der Waals surface area contributed by atoms with Gasteiger partial charge in [0, 0.05) is 18.2 Å². The molecule has 3 rings (SSSR count). The fraction of sp³-hybridized carbons (Fsp3) is 0.357. The van der Waals surface area contributed by atoms with Crippen molar-refractivity contribution >= 4 is 5.91 Å². The predicted molar refractivity (Wildman–Crippen MR) is 72.4 cm³/mol. The molecule has 21 heavy (non-hydrogen) atoms. The molecule has 7 heteroatoms. The van der Waals surface area contributed by atoms with Crippen LogP contribution in [0, 0.1) is 5.82 Å². The number of aryl methyl sites for hydroxylation is 1. The third kappa shape index (κ3) is 2.35. The summed E-state index contributed by atoms with van der Waals surface area (Å²) in [5.41, 5.74) is 1.16. The molecule has 1 amide bonds. The van der Waals surface area contributed by atoms with Crippen LogP contribution in [-0.4, -0.2) is 27.0 Å². The number of ether oxygens (including phenoxy) is 1. The topological polar surface area (TPSA) is 69.0 Å². The van der Waals surface area contributed by atoms with Crippen molar-refractivity contribution in [3.8, 4) is 5.75 Å². The van der Waals surface area contributed by atoms with Gasteiger partial charge in [-0.1, -0.05) is 11.3 Å². The number of hydrogen-bond donors (Lipinski definition) is 1. The lowest BCUT2D eigenvalue weighted by Crippen LogP contribution is -2.35. The van der Waals surface area contributed by atoms with Crippen molar-refractivity contribution in [1.82, 2.24) is 20.3 Å². The first-order chi connectivity index (χ1) is 10.1. The van der Waals surface area contributed by atoms with Crippen molar-refractivity contribution < 1.29 is 13.9 Å². The first kappa shape index (κ1) is 13.5. The number of benzene rings is 1. The zero-order chi connectivity index (χ0) is 15.0. The summed E-state index contributed by atoms with van der Waals surface area (Å²) in [4.78, 5) is 12.3. The molecule has 1 aliphatic heterocycles. The number of carbonyl (C=O) groups excluding carboxylic acids is 1. The highest BCUT2D eigenvalue weighted by molar-refractivity contribution is 5.92. The number of carbonyl (C=O) groups is 1. The quantitative estimate of drug-likeness (QED) is 0.934. The van der Waals surface area contributed by atoms with E-state index in [1.54, 1.807) is 6.07 Å². The molecule has 1 aliphatic rings. The second kappa shape index (κ2) is 5.16. The van der Waals surface area contributed by atoms with Crippen molar-refractivity contribution in [2.45, 2.75) is 32.5 Å². The van der Waals surface area contributed by atoms with E-state index < -0.39 is 0 Å². The fourth-order valence-corrected chi connectivity index (χ4v) is 2.47. The van der Waals surface area contributed by atoms with Crippen LogP contribution in [0.3, 0.4) is 0 Å². The van der Waals surface area contributed by atoms with Crippen LogP contribution in [0.15, 0.2) is 24.4 Å². The van der Waals surface area contributed by atoms with Crippen LogP contribution in [0.5, 0.6) is 5.75 Å². The van der Waals surface area contributed by atoms with E-state index in [0.29, 0.717) is 18.0 Å². The number of rotatable bonds is 3. The standard InChI is InChI=1S/C14H15FN4O2/c1-3-19-11(7-16-18-19)14(20)17-13-8(2)21-12-6-9(15)4-5-10(12)13/h4-8,13H,3H2,1-2H3,(H,17,20)/t8-,13-/m0/s1. The number of nitrogens with zero attached hydrogens (tertiary/aromatic N) is 3. The fourth-order valence-electron chi connectivity index (χ4n) is 2.47. The maximum Gasteiger partial charge on any atom is 0.271 e. The molecule has 0 bridgehead atoms. The maximum absolute atomic E-state index is 13.2. The number of fused-ring (bicyclic) bond motifs is 1. The molecule has 1 aromatic heterocycles. The second-order valence-electron chi connectivity index (χ2n) is 4.89. The van der Waals surface area contributed by atoms with Crippen molar-refractivity contribution in [2.75, 3.05) is 0 Å². The van der Waals surface area contributed by atoms with Gasteiger partial charge in [0.1, 0.15) is 23.4 Å². The van der Waals surface area contributed by atoms with E-state index in [9.17, 15) is 9.18 Å². The number of halogens is 1. The minimum Gasteiger partial charge on any atom is -0.488 e. The molecule has 110 valence electrons. The van der Waals surface area contributed by atoms with Gasteiger partial charge >= 0.3 is 0 Å². The van der Waals surface area contributed by atoms with Gasteiger partial charge in [-0.25, -0.2) is 9.07 Å². The average molecular weight is 290 g/mol. The molecule has 0 aliphatic carbocycles. The lowest BCUT2D eigenvalue weighted by molar-refractivity contribution is 0.0897. The molecular weight excluding hydrogens is 275 g/mol. The molecule has 0 fully saturated rings. The molecule has 1 N–H and O–H groups in total. The summed E-state index contributed by atoms with van der Waals surface area (Å²) in [6.45, 7) is 4.27. The minimum absolute atomic E-state index is 0.267. The van der Waals surface area contributed by atoms with Crippen LogP contribution in [0.25, 0.3) is 0 Å². The van der Waals surface area contributed by atoms with Crippen LogP contribution in [-0.2, 0) is 6.54 Å². The van der Waals surface area contributed by atoms with Crippen LogP contribution < -0.4 is 10.1 Å². The van der Waals surface area contributed by atoms with Crippen molar-refractivity contribution in [3.63, 3.8) is 0 Å². The summed E-state index contributed by atoms with van der Waals surface area (Å²) in [6, 6.07) is 4.00. The van der Waals surface area contributed by atoms with Gasteiger partial charge in [0.25, 0.3) is 5.91 Å². The Balaban J connectivity index is 1.84. The van der Waals surface area contributed by atoms with E-state index in [-0.39, 0.29) is 23.9 Å². The summed E-state index contributed by atoms with van der Waals surface area (Å²) in [5.74, 6) is -0.171. The van der Waals surface area contributed by atoms with Gasteiger partial charge in [0.05, 0.1) is 12.2 Å². The van der Waals surface area contributed by atoms with Gasteiger partial charge in [0.15, 0.2) is 0 Å². The Labute approximate surface area is 120 Å². The van der Waals surface area contributed by atoms with E-state index >= 15 is 0 Å². The Morgan fingerprint density at radius 1 is 1.52 bits per heavy atom. The SMILES string of the molecule is CCn1nncc1C(=O)N[C@@H]1c2ccc(F)cc2O[C@H]1C. The molecule has 2 atom stereocenters. The minimum atomic E-state index is -0.360. The molecule has 0 unspecified atom stereocenters. The normalized spacial score (nSPS) is 20.0. The van der Waals surface area contributed by atoms with Crippen molar-refractivity contribution in [2.24, 2.45) is 0 Å². The van der Waals surface area contributed by atoms with Crippen molar-refractivity contribution in [3.05, 3.63) is 41.5 Å². The molecule has 0 saturated heterocycles. The van der Waals surface area contributed by atoms with E-state index in [1.165, 1.54) is 23.0 Å². The third-order valence-corrected chi connectivity index (χ3v) is 3.53. The average Bonchev–Trinajstić information content (AvgIpc) is 3.03. The first-order valence-corrected chi connectivity index (χ1v) is 6.75. The Hall–Kier alpha value is -2.44. The number of nitrogens with one attached hydrogen (secondary N) is 1. The number of amides is 1. The van der Waals surface area contributed by atoms with Crippen LogP contribution in [0.1, 0.15) is 35.9 Å². The Kier molecular flexibility index (Phi) is 3.32. The molecule has 0 radical (unpaired) electrons. The lowest BCUT2D eigenvalue weighted by atomic mass is 10.0. The van der Waals surface area contributed by atoms with E-state index in [4.69, 9.17) is 4.74 Å². The lowest BCUT2D eigenvalue weighted by Gasteiger charge is -2.16. The van der Waals surface area contributed by atoms with Crippen LogP contribution in [0.2, 0.25) is 0 Å². The van der Waals surface area contributed by atoms with Gasteiger partial charge in [-0.2, -0.15) is 0 Å². The Morgan fingerprint density at radius 3 is 3.10 bits per heavy atom. The van der Waals surface area contributed by atoms with Crippen molar-refractivity contribution in [1.29, 1.82) is 0 Å². The molecule has 6 nitrogen and oxygen atoms in total. The molecular formula is C14H15FN4O2. The predicted octanol–water partition coefficient (Wildman–Crippen LogP) is 1.69. The zero-order valence-electron chi connectivity index (χ0n) is 11.7. The molecule has 2 heterocycles. The summed E-state index contributed by atoms with van der Waals surface area (Å²) >= 11 is 0. The highest BCUT2D eigenvalue weighted by Crippen LogP contribution is 2.36. The summed E-state index contributed by atoms with van der Waals surface area (Å²) in [5, 5.41) is 10.5. The van der Waals surface area contributed by atoms with Gasteiger partial charge in [0.2, 0.25) is 0 Å². The van der Waals surface area contributed by atoms with E-state index in [2.05, 4.69) is 15.6 Å². The number of aromatic nitrogens is 3. The molecule has 0 spiro atoms. The second-order valence-corrected chi connectivity index (χ2v) is 4.89. The zero-order valence-corrected chi connectivity index (χ0v) is 11.7. The van der Waals surface area contributed by atoms with E-state index in [0.717, 1.165) is 5.56 Å². The first-order valence-electron chi connectivity index (χ1n) is 6.75. The third-order valence-electron chi connectivity index (χ3n) is 3.53. The maximum atomic E-state index is 13.2. The number of hydrogen-bond acceptors (Lipinski definition) is 4. The van der Waals surface area contributed by atoms with Gasteiger partial charge in [-0.15, -0.1) is 5.10 Å². The van der Waals surface area contributed by atoms with Gasteiger partial charge in [-0.3, -0.25) is 4.79 Å². The molecule has 0 saturated carbocycles. The van der Waals surface area contributed by atoms with Crippen LogP contribution >= 0.6 is 0 Å². The van der Waals surface area contributed by atoms with E-state index in [1.807, 2.05) is 13.8 Å². The van der Waals surface area contributed by atoms with Crippen LogP contribution in [0.4, 0.5) is 4.39 Å². The molecule has 1 aromatic carbocycles. The smallest absolute Gasteiger partial charge is 0.271 e. The summed E-state index contributed by atoms with van der Waals surface area (Å²) in [7, 11) is 0. The van der Waals surface area contributed by atoms with Gasteiger partial charge < -0.3 is 10.1 Å². The summed E-state index contributed by atoms with van der Waals surface area (Å²) in [6.07, 6.45) is 1.15. The highest BCUT2D eigenvalue weighted by atomic mass is 19.1. The Morgan fingerprint density at radius 2 is 2.33 bits per heavy atom. The monoisotopic (exact) mass is 290 g/mol. The van der Waals surface area contributed by atoms with Gasteiger partial charge in [-0.05, 0) is 19.9 Å². The largest absolute Gasteiger partial charge is 0.488 e. The Bertz CT molecular complexity index is 685. The molecule has 2 aromatic rings.